The Kier molecular flexibility index (Phi) is 8.70. The zero-order valence-corrected chi connectivity index (χ0v) is 18.5. The lowest BCUT2D eigenvalue weighted by Crippen LogP contribution is -3.13. The Morgan fingerprint density at radius 2 is 1.76 bits per heavy atom. The minimum atomic E-state index is -0.135. The normalized spacial score (nSPS) is 14.4. The standard InChI is InChI=1S/C23H36N4O2/c1-17(2)14-26(15-18(3)4)13-12-24-22(28)16-27-23(29)11-10-21(25-27)20-8-6-19(5)7-9-20/h6-10,17-18,25H,11-16H2,1-5H3,(H,24,28)/p+1. The second-order valence-electron chi connectivity index (χ2n) is 8.83. The predicted molar refractivity (Wildman–Crippen MR) is 117 cm³/mol. The molecular formula is C23H37N4O2+. The molecule has 6 nitrogen and oxygen atoms in total. The molecule has 0 bridgehead atoms. The SMILES string of the molecule is Cc1ccc(C2=CCC(=O)N(CC(=O)NCC[NH+](CC(C)C)CC(C)C)N2)cc1. The first-order valence-corrected chi connectivity index (χ1v) is 10.7. The topological polar surface area (TPSA) is 65.9 Å². The fourth-order valence-electron chi connectivity index (χ4n) is 3.62. The van der Waals surface area contributed by atoms with Gasteiger partial charge in [-0.2, -0.15) is 0 Å². The minimum Gasteiger partial charge on any atom is -0.349 e. The summed E-state index contributed by atoms with van der Waals surface area (Å²) >= 11 is 0. The van der Waals surface area contributed by atoms with E-state index in [1.54, 1.807) is 0 Å². The third-order valence-electron chi connectivity index (χ3n) is 4.90. The number of amides is 2. The van der Waals surface area contributed by atoms with E-state index in [9.17, 15) is 9.59 Å². The van der Waals surface area contributed by atoms with E-state index in [1.807, 2.05) is 37.3 Å². The third kappa shape index (κ3) is 7.89. The third-order valence-corrected chi connectivity index (χ3v) is 4.90. The van der Waals surface area contributed by atoms with Gasteiger partial charge in [-0.3, -0.25) is 15.0 Å². The molecule has 0 spiro atoms. The van der Waals surface area contributed by atoms with Crippen molar-refractivity contribution in [3.63, 3.8) is 0 Å². The number of carbonyl (C=O) groups excluding carboxylic acids is 2. The summed E-state index contributed by atoms with van der Waals surface area (Å²) in [6.45, 7) is 14.7. The van der Waals surface area contributed by atoms with E-state index in [0.717, 1.165) is 30.9 Å². The number of hydrogen-bond acceptors (Lipinski definition) is 3. The van der Waals surface area contributed by atoms with Gasteiger partial charge in [-0.25, -0.2) is 5.01 Å². The quantitative estimate of drug-likeness (QED) is 0.555. The number of rotatable bonds is 10. The first-order chi connectivity index (χ1) is 13.7. The van der Waals surface area contributed by atoms with Gasteiger partial charge >= 0.3 is 0 Å². The molecule has 160 valence electrons. The van der Waals surface area contributed by atoms with E-state index < -0.39 is 0 Å². The van der Waals surface area contributed by atoms with Gasteiger partial charge in [0.05, 0.1) is 31.9 Å². The lowest BCUT2D eigenvalue weighted by Gasteiger charge is -2.29. The van der Waals surface area contributed by atoms with E-state index in [1.165, 1.54) is 15.5 Å². The zero-order valence-electron chi connectivity index (χ0n) is 18.5. The molecule has 1 aromatic rings. The molecule has 0 saturated heterocycles. The summed E-state index contributed by atoms with van der Waals surface area (Å²) in [6, 6.07) is 8.10. The maximum Gasteiger partial charge on any atom is 0.245 e. The highest BCUT2D eigenvalue weighted by atomic mass is 16.2. The maximum atomic E-state index is 12.4. The summed E-state index contributed by atoms with van der Waals surface area (Å²) < 4.78 is 0. The van der Waals surface area contributed by atoms with Gasteiger partial charge in [0.15, 0.2) is 0 Å². The number of nitrogens with one attached hydrogen (secondary N) is 3. The molecule has 3 N–H and O–H groups in total. The molecule has 0 saturated carbocycles. The molecule has 6 heteroatoms. The van der Waals surface area contributed by atoms with E-state index in [-0.39, 0.29) is 18.4 Å². The number of benzene rings is 1. The van der Waals surface area contributed by atoms with Crippen molar-refractivity contribution in [3.05, 3.63) is 41.5 Å². The lowest BCUT2D eigenvalue weighted by molar-refractivity contribution is -0.904. The molecule has 1 aliphatic rings. The molecule has 2 amide bonds. The van der Waals surface area contributed by atoms with E-state index in [4.69, 9.17) is 0 Å². The van der Waals surface area contributed by atoms with Gasteiger partial charge in [-0.15, -0.1) is 0 Å². The van der Waals surface area contributed by atoms with Crippen molar-refractivity contribution >= 4 is 17.5 Å². The van der Waals surface area contributed by atoms with Gasteiger partial charge in [0.1, 0.15) is 6.54 Å². The summed E-state index contributed by atoms with van der Waals surface area (Å²) in [4.78, 5) is 26.1. The van der Waals surface area contributed by atoms with Crippen molar-refractivity contribution in [1.82, 2.24) is 15.8 Å². The number of carbonyl (C=O) groups is 2. The van der Waals surface area contributed by atoms with Crippen LogP contribution in [0.3, 0.4) is 0 Å². The molecule has 29 heavy (non-hydrogen) atoms. The van der Waals surface area contributed by atoms with Crippen LogP contribution in [0.2, 0.25) is 0 Å². The van der Waals surface area contributed by atoms with Crippen LogP contribution in [0.25, 0.3) is 5.70 Å². The largest absolute Gasteiger partial charge is 0.349 e. The molecule has 0 aliphatic carbocycles. The highest BCUT2D eigenvalue weighted by Gasteiger charge is 2.22. The van der Waals surface area contributed by atoms with Crippen molar-refractivity contribution in [1.29, 1.82) is 0 Å². The Labute approximate surface area is 175 Å². The number of hydrazine groups is 1. The highest BCUT2D eigenvalue weighted by Crippen LogP contribution is 2.17. The van der Waals surface area contributed by atoms with Gasteiger partial charge in [0.25, 0.3) is 0 Å². The molecule has 0 atom stereocenters. The van der Waals surface area contributed by atoms with Crippen LogP contribution in [0, 0.1) is 18.8 Å². The number of aryl methyl sites for hydroxylation is 1. The van der Waals surface area contributed by atoms with Crippen LogP contribution in [0.5, 0.6) is 0 Å². The monoisotopic (exact) mass is 401 g/mol. The molecule has 2 rings (SSSR count). The van der Waals surface area contributed by atoms with Gasteiger partial charge in [0.2, 0.25) is 11.8 Å². The number of hydrogen-bond donors (Lipinski definition) is 3. The van der Waals surface area contributed by atoms with Crippen molar-refractivity contribution in [2.45, 2.75) is 41.0 Å². The predicted octanol–water partition coefficient (Wildman–Crippen LogP) is 1.39. The van der Waals surface area contributed by atoms with Crippen LogP contribution < -0.4 is 15.6 Å². The molecule has 0 radical (unpaired) electrons. The minimum absolute atomic E-state index is 0.0196. The van der Waals surface area contributed by atoms with Gasteiger partial charge in [0, 0.05) is 18.3 Å². The molecule has 1 aromatic carbocycles. The average Bonchev–Trinajstić information content (AvgIpc) is 2.63. The summed E-state index contributed by atoms with van der Waals surface area (Å²) in [6.07, 6.45) is 2.17. The number of nitrogens with zero attached hydrogens (tertiary/aromatic N) is 1. The van der Waals surface area contributed by atoms with E-state index in [2.05, 4.69) is 38.4 Å². The van der Waals surface area contributed by atoms with Crippen LogP contribution in [0.4, 0.5) is 0 Å². The Hall–Kier alpha value is -2.34. The summed E-state index contributed by atoms with van der Waals surface area (Å²) in [5.74, 6) is 1.02. The maximum absolute atomic E-state index is 12.4. The summed E-state index contributed by atoms with van der Waals surface area (Å²) in [5, 5.41) is 4.39. The summed E-state index contributed by atoms with van der Waals surface area (Å²) in [5.41, 5.74) is 6.16. The Morgan fingerprint density at radius 3 is 2.34 bits per heavy atom. The summed E-state index contributed by atoms with van der Waals surface area (Å²) in [7, 11) is 0. The smallest absolute Gasteiger partial charge is 0.245 e. The second-order valence-corrected chi connectivity index (χ2v) is 8.83. The van der Waals surface area contributed by atoms with Crippen molar-refractivity contribution in [2.24, 2.45) is 11.8 Å². The second kappa shape index (κ2) is 11.0. The van der Waals surface area contributed by atoms with E-state index in [0.29, 0.717) is 24.8 Å². The van der Waals surface area contributed by atoms with Gasteiger partial charge in [-0.1, -0.05) is 57.5 Å². The first-order valence-electron chi connectivity index (χ1n) is 10.7. The molecule has 0 fully saturated rings. The van der Waals surface area contributed by atoms with Crippen molar-refractivity contribution < 1.29 is 14.5 Å². The van der Waals surface area contributed by atoms with Gasteiger partial charge < -0.3 is 10.2 Å². The average molecular weight is 402 g/mol. The Balaban J connectivity index is 1.83. The molecule has 0 unspecified atom stereocenters. The fraction of sp³-hybridized carbons (Fsp3) is 0.565. The van der Waals surface area contributed by atoms with Crippen LogP contribution in [-0.2, 0) is 9.59 Å². The van der Waals surface area contributed by atoms with Crippen LogP contribution in [-0.4, -0.2) is 49.5 Å². The van der Waals surface area contributed by atoms with Gasteiger partial charge in [-0.05, 0) is 18.6 Å². The lowest BCUT2D eigenvalue weighted by atomic mass is 10.1. The van der Waals surface area contributed by atoms with Crippen LogP contribution >= 0.6 is 0 Å². The Bertz CT molecular complexity index is 700. The van der Waals surface area contributed by atoms with Crippen LogP contribution in [0.15, 0.2) is 30.3 Å². The molecule has 1 aliphatic heterocycles. The Morgan fingerprint density at radius 1 is 1.14 bits per heavy atom. The van der Waals surface area contributed by atoms with Crippen molar-refractivity contribution in [2.75, 3.05) is 32.7 Å². The molecule has 0 aromatic heterocycles. The fourth-order valence-corrected chi connectivity index (χ4v) is 3.62. The first kappa shape index (κ1) is 22.9. The molecule has 1 heterocycles. The van der Waals surface area contributed by atoms with Crippen LogP contribution in [0.1, 0.15) is 45.2 Å². The molecular weight excluding hydrogens is 364 g/mol. The van der Waals surface area contributed by atoms with E-state index >= 15 is 0 Å². The number of quaternary nitrogens is 1. The zero-order chi connectivity index (χ0) is 21.4. The van der Waals surface area contributed by atoms with Crippen molar-refractivity contribution in [3.8, 4) is 0 Å². The highest BCUT2D eigenvalue weighted by molar-refractivity contribution is 5.88.